The molecule has 1 aromatic carbocycles. The second-order valence-electron chi connectivity index (χ2n) is 7.40. The number of piperazine rings is 1. The van der Waals surface area contributed by atoms with E-state index in [4.69, 9.17) is 9.47 Å². The van der Waals surface area contributed by atoms with Crippen molar-refractivity contribution in [3.8, 4) is 5.75 Å². The van der Waals surface area contributed by atoms with Gasteiger partial charge in [0.2, 0.25) is 0 Å². The fourth-order valence-electron chi connectivity index (χ4n) is 3.87. The number of nitrogens with zero attached hydrogens (tertiary/aromatic N) is 3. The fourth-order valence-corrected chi connectivity index (χ4v) is 3.87. The number of rotatable bonds is 6. The minimum absolute atomic E-state index is 0.0182. The number of pyridine rings is 1. The summed E-state index contributed by atoms with van der Waals surface area (Å²) < 4.78 is 11.1. The van der Waals surface area contributed by atoms with Gasteiger partial charge in [-0.3, -0.25) is 4.79 Å². The normalized spacial score (nSPS) is 19.3. The van der Waals surface area contributed by atoms with E-state index in [2.05, 4.69) is 21.3 Å². The summed E-state index contributed by atoms with van der Waals surface area (Å²) in [5.74, 6) is 0.843. The molecule has 0 radical (unpaired) electrons. The van der Waals surface area contributed by atoms with Gasteiger partial charge in [0.25, 0.3) is 5.91 Å². The lowest BCUT2D eigenvalue weighted by Crippen LogP contribution is -2.49. The molecule has 4 rings (SSSR count). The Hall–Kier alpha value is -2.80. The number of aromatic nitrogens is 1. The number of anilines is 2. The molecule has 2 fully saturated rings. The van der Waals surface area contributed by atoms with Gasteiger partial charge in [0, 0.05) is 39.3 Å². The van der Waals surface area contributed by atoms with Crippen molar-refractivity contribution in [2.24, 2.45) is 0 Å². The Bertz CT molecular complexity index is 813. The average Bonchev–Trinajstić information content (AvgIpc) is 3.31. The van der Waals surface area contributed by atoms with Crippen LogP contribution < -0.4 is 15.0 Å². The maximum atomic E-state index is 12.8. The van der Waals surface area contributed by atoms with E-state index in [0.29, 0.717) is 18.8 Å². The van der Waals surface area contributed by atoms with Gasteiger partial charge in [0.1, 0.15) is 11.4 Å². The lowest BCUT2D eigenvalue weighted by molar-refractivity contribution is 0.0741. The van der Waals surface area contributed by atoms with E-state index in [0.717, 1.165) is 56.2 Å². The number of amides is 1. The number of hydrogen-bond acceptors (Lipinski definition) is 6. The van der Waals surface area contributed by atoms with Crippen molar-refractivity contribution < 1.29 is 14.3 Å². The molecule has 0 spiro atoms. The van der Waals surface area contributed by atoms with Crippen LogP contribution in [-0.4, -0.2) is 68.3 Å². The Kier molecular flexibility index (Phi) is 6.14. The van der Waals surface area contributed by atoms with Gasteiger partial charge in [-0.2, -0.15) is 0 Å². The van der Waals surface area contributed by atoms with E-state index in [-0.39, 0.29) is 12.0 Å². The highest BCUT2D eigenvalue weighted by Crippen LogP contribution is 2.28. The van der Waals surface area contributed by atoms with Crippen LogP contribution in [0, 0.1) is 0 Å². The van der Waals surface area contributed by atoms with Gasteiger partial charge in [0.15, 0.2) is 0 Å². The molecule has 0 bridgehead atoms. The Balaban J connectivity index is 1.31. The summed E-state index contributed by atoms with van der Waals surface area (Å²) in [6, 6.07) is 11.7. The molecule has 2 aliphatic rings. The average molecular weight is 396 g/mol. The van der Waals surface area contributed by atoms with Gasteiger partial charge in [-0.15, -0.1) is 0 Å². The summed E-state index contributed by atoms with van der Waals surface area (Å²) in [6.45, 7) is 4.50. The number of methoxy groups -OCH3 is 1. The molecule has 1 atom stereocenters. The third-order valence-corrected chi connectivity index (χ3v) is 5.53. The zero-order chi connectivity index (χ0) is 20.1. The number of nitrogens with one attached hydrogen (secondary N) is 1. The van der Waals surface area contributed by atoms with E-state index in [9.17, 15) is 4.79 Å². The molecule has 1 amide bonds. The Morgan fingerprint density at radius 1 is 1.21 bits per heavy atom. The molecule has 2 aromatic rings. The van der Waals surface area contributed by atoms with E-state index < -0.39 is 0 Å². The number of hydrogen-bond donors (Lipinski definition) is 1. The fraction of sp³-hybridized carbons (Fsp3) is 0.455. The smallest absolute Gasteiger partial charge is 0.272 e. The van der Waals surface area contributed by atoms with Crippen LogP contribution in [-0.2, 0) is 4.74 Å². The lowest BCUT2D eigenvalue weighted by atomic mass is 10.2. The van der Waals surface area contributed by atoms with Crippen molar-refractivity contribution in [1.82, 2.24) is 9.88 Å². The first-order valence-corrected chi connectivity index (χ1v) is 10.2. The molecule has 2 saturated heterocycles. The monoisotopic (exact) mass is 396 g/mol. The Morgan fingerprint density at radius 3 is 2.72 bits per heavy atom. The molecule has 1 aromatic heterocycles. The second-order valence-corrected chi connectivity index (χ2v) is 7.40. The topological polar surface area (TPSA) is 66.9 Å². The molecule has 1 N–H and O–H groups in total. The van der Waals surface area contributed by atoms with Crippen molar-refractivity contribution >= 4 is 17.3 Å². The predicted octanol–water partition coefficient (Wildman–Crippen LogP) is 2.64. The van der Waals surface area contributed by atoms with Gasteiger partial charge < -0.3 is 24.6 Å². The molecule has 0 saturated carbocycles. The Labute approximate surface area is 171 Å². The highest BCUT2D eigenvalue weighted by atomic mass is 16.5. The standard InChI is InChI=1S/C22H28N4O3/c1-28-21-7-3-2-6-20(21)25-10-12-26(13-11-25)22(27)19-9-8-17(15-24-19)23-16-18-5-4-14-29-18/h2-3,6-9,15,18,23H,4-5,10-14,16H2,1H3. The van der Waals surface area contributed by atoms with Gasteiger partial charge in [-0.1, -0.05) is 12.1 Å². The van der Waals surface area contributed by atoms with Gasteiger partial charge >= 0.3 is 0 Å². The Morgan fingerprint density at radius 2 is 2.03 bits per heavy atom. The predicted molar refractivity (Wildman–Crippen MR) is 113 cm³/mol. The van der Waals surface area contributed by atoms with Crippen molar-refractivity contribution in [2.45, 2.75) is 18.9 Å². The van der Waals surface area contributed by atoms with Crippen molar-refractivity contribution in [1.29, 1.82) is 0 Å². The van der Waals surface area contributed by atoms with Crippen LogP contribution in [0.25, 0.3) is 0 Å². The molecule has 0 aliphatic carbocycles. The SMILES string of the molecule is COc1ccccc1N1CCN(C(=O)c2ccc(NCC3CCCO3)cn2)CC1. The quantitative estimate of drug-likeness (QED) is 0.810. The van der Waals surface area contributed by atoms with Crippen LogP contribution in [0.3, 0.4) is 0 Å². The molecule has 2 aliphatic heterocycles. The van der Waals surface area contributed by atoms with Crippen LogP contribution in [0.4, 0.5) is 11.4 Å². The number of para-hydroxylation sites is 2. The first kappa shape index (κ1) is 19.5. The number of ether oxygens (including phenoxy) is 2. The summed E-state index contributed by atoms with van der Waals surface area (Å²) in [4.78, 5) is 21.3. The highest BCUT2D eigenvalue weighted by molar-refractivity contribution is 5.92. The molecule has 29 heavy (non-hydrogen) atoms. The van der Waals surface area contributed by atoms with Gasteiger partial charge in [-0.25, -0.2) is 4.98 Å². The summed E-state index contributed by atoms with van der Waals surface area (Å²) >= 11 is 0. The van der Waals surface area contributed by atoms with E-state index >= 15 is 0 Å². The number of carbonyl (C=O) groups excluding carboxylic acids is 1. The molecular weight excluding hydrogens is 368 g/mol. The highest BCUT2D eigenvalue weighted by Gasteiger charge is 2.24. The molecule has 3 heterocycles. The minimum Gasteiger partial charge on any atom is -0.495 e. The van der Waals surface area contributed by atoms with Crippen LogP contribution in [0.2, 0.25) is 0 Å². The first-order chi connectivity index (χ1) is 14.2. The maximum Gasteiger partial charge on any atom is 0.272 e. The van der Waals surface area contributed by atoms with Crippen LogP contribution in [0.1, 0.15) is 23.3 Å². The number of carbonyl (C=O) groups is 1. The maximum absolute atomic E-state index is 12.8. The molecular formula is C22H28N4O3. The number of benzene rings is 1. The molecule has 1 unspecified atom stereocenters. The summed E-state index contributed by atoms with van der Waals surface area (Å²) in [7, 11) is 1.68. The minimum atomic E-state index is -0.0182. The largest absolute Gasteiger partial charge is 0.495 e. The third-order valence-electron chi connectivity index (χ3n) is 5.53. The zero-order valence-electron chi connectivity index (χ0n) is 16.8. The van der Waals surface area contributed by atoms with E-state index in [1.165, 1.54) is 0 Å². The van der Waals surface area contributed by atoms with Gasteiger partial charge in [-0.05, 0) is 37.1 Å². The van der Waals surface area contributed by atoms with Crippen LogP contribution >= 0.6 is 0 Å². The summed E-state index contributed by atoms with van der Waals surface area (Å²) in [6.07, 6.45) is 4.23. The molecule has 7 heteroatoms. The molecule has 7 nitrogen and oxygen atoms in total. The van der Waals surface area contributed by atoms with Crippen molar-refractivity contribution in [3.05, 3.63) is 48.3 Å². The summed E-state index contributed by atoms with van der Waals surface area (Å²) in [5, 5.41) is 3.34. The lowest BCUT2D eigenvalue weighted by Gasteiger charge is -2.36. The zero-order valence-corrected chi connectivity index (χ0v) is 16.8. The van der Waals surface area contributed by atoms with E-state index in [1.54, 1.807) is 19.4 Å². The molecule has 154 valence electrons. The van der Waals surface area contributed by atoms with Gasteiger partial charge in [0.05, 0.1) is 30.8 Å². The third kappa shape index (κ3) is 4.62. The van der Waals surface area contributed by atoms with Crippen LogP contribution in [0.15, 0.2) is 42.6 Å². The van der Waals surface area contributed by atoms with Crippen molar-refractivity contribution in [3.63, 3.8) is 0 Å². The second kappa shape index (κ2) is 9.13. The summed E-state index contributed by atoms with van der Waals surface area (Å²) in [5.41, 5.74) is 2.47. The van der Waals surface area contributed by atoms with E-state index in [1.807, 2.05) is 29.2 Å². The first-order valence-electron chi connectivity index (χ1n) is 10.2. The van der Waals surface area contributed by atoms with Crippen molar-refractivity contribution in [2.75, 3.05) is 56.7 Å². The van der Waals surface area contributed by atoms with Crippen LogP contribution in [0.5, 0.6) is 5.75 Å².